The zero-order valence-corrected chi connectivity index (χ0v) is 8.24. The summed E-state index contributed by atoms with van der Waals surface area (Å²) in [6.45, 7) is 3.64. The van der Waals surface area contributed by atoms with Crippen molar-refractivity contribution in [2.45, 2.75) is 25.8 Å². The van der Waals surface area contributed by atoms with Crippen LogP contribution in [0, 0.1) is 0 Å². The fourth-order valence-electron chi connectivity index (χ4n) is 1.05. The van der Waals surface area contributed by atoms with Gasteiger partial charge in [0.05, 0.1) is 5.54 Å². The lowest BCUT2D eigenvalue weighted by Gasteiger charge is -2.20. The maximum atomic E-state index is 11.8. The molecule has 1 aromatic heterocycles. The lowest BCUT2D eigenvalue weighted by Crippen LogP contribution is -2.44. The Hall–Kier alpha value is -1.16. The van der Waals surface area contributed by atoms with Crippen molar-refractivity contribution in [3.05, 3.63) is 18.0 Å². The molecule has 0 aliphatic rings. The molecule has 0 saturated carbocycles. The molecule has 0 amide bonds. The van der Waals surface area contributed by atoms with E-state index in [-0.39, 0.29) is 5.78 Å². The second-order valence-electron chi connectivity index (χ2n) is 3.44. The van der Waals surface area contributed by atoms with E-state index in [1.54, 1.807) is 30.9 Å². The molecule has 2 N–H and O–H groups in total. The predicted molar refractivity (Wildman–Crippen MR) is 50.4 cm³/mol. The number of aromatic nitrogens is 2. The molecule has 0 fully saturated rings. The lowest BCUT2D eigenvalue weighted by atomic mass is 9.93. The van der Waals surface area contributed by atoms with Crippen LogP contribution in [-0.2, 0) is 7.05 Å². The number of nitrogens with two attached hydrogens (primary N) is 1. The molecular formula is C9H15N3O. The molecule has 1 rings (SSSR count). The smallest absolute Gasteiger partial charge is 0.200 e. The van der Waals surface area contributed by atoms with Gasteiger partial charge in [-0.2, -0.15) is 5.10 Å². The van der Waals surface area contributed by atoms with Gasteiger partial charge in [0, 0.05) is 13.2 Å². The van der Waals surface area contributed by atoms with Crippen molar-refractivity contribution in [1.29, 1.82) is 0 Å². The quantitative estimate of drug-likeness (QED) is 0.699. The summed E-state index contributed by atoms with van der Waals surface area (Å²) in [5, 5.41) is 3.93. The van der Waals surface area contributed by atoms with Crippen molar-refractivity contribution in [2.24, 2.45) is 12.8 Å². The highest BCUT2D eigenvalue weighted by molar-refractivity contribution is 6.01. The Balaban J connectivity index is 2.98. The molecule has 0 aliphatic carbocycles. The van der Waals surface area contributed by atoms with Crippen LogP contribution in [0.25, 0.3) is 0 Å². The van der Waals surface area contributed by atoms with E-state index in [4.69, 9.17) is 5.73 Å². The van der Waals surface area contributed by atoms with Crippen molar-refractivity contribution in [2.75, 3.05) is 0 Å². The number of ketones is 1. The maximum absolute atomic E-state index is 11.8. The van der Waals surface area contributed by atoms with Gasteiger partial charge in [-0.15, -0.1) is 0 Å². The van der Waals surface area contributed by atoms with Crippen LogP contribution in [0.3, 0.4) is 0 Å². The first-order valence-electron chi connectivity index (χ1n) is 4.30. The summed E-state index contributed by atoms with van der Waals surface area (Å²) in [6, 6.07) is 1.68. The summed E-state index contributed by atoms with van der Waals surface area (Å²) in [7, 11) is 1.74. The molecule has 1 aromatic rings. The van der Waals surface area contributed by atoms with Crippen molar-refractivity contribution in [3.63, 3.8) is 0 Å². The fraction of sp³-hybridized carbons (Fsp3) is 0.556. The van der Waals surface area contributed by atoms with Crippen LogP contribution in [0.5, 0.6) is 0 Å². The number of hydrogen-bond donors (Lipinski definition) is 1. The van der Waals surface area contributed by atoms with Crippen LogP contribution in [0.2, 0.25) is 0 Å². The number of carbonyl (C=O) groups excluding carboxylic acids is 1. The van der Waals surface area contributed by atoms with E-state index in [1.165, 1.54) is 0 Å². The molecule has 0 bridgehead atoms. The second-order valence-corrected chi connectivity index (χ2v) is 3.44. The summed E-state index contributed by atoms with van der Waals surface area (Å²) in [6.07, 6.45) is 2.22. The molecular weight excluding hydrogens is 166 g/mol. The first-order valence-corrected chi connectivity index (χ1v) is 4.30. The summed E-state index contributed by atoms with van der Waals surface area (Å²) in [4.78, 5) is 11.8. The van der Waals surface area contributed by atoms with E-state index in [0.717, 1.165) is 0 Å². The number of Topliss-reactive ketones (excluding diaryl/α,β-unsaturated/α-hetero) is 1. The van der Waals surface area contributed by atoms with Crippen molar-refractivity contribution >= 4 is 5.78 Å². The minimum Gasteiger partial charge on any atom is -0.319 e. The van der Waals surface area contributed by atoms with Gasteiger partial charge in [0.2, 0.25) is 0 Å². The van der Waals surface area contributed by atoms with Gasteiger partial charge in [-0.05, 0) is 19.4 Å². The molecule has 1 unspecified atom stereocenters. The summed E-state index contributed by atoms with van der Waals surface area (Å²) in [5.41, 5.74) is 5.61. The van der Waals surface area contributed by atoms with Gasteiger partial charge in [0.15, 0.2) is 5.78 Å². The molecule has 1 heterocycles. The molecule has 0 aliphatic heterocycles. The van der Waals surface area contributed by atoms with E-state index in [0.29, 0.717) is 12.1 Å². The third kappa shape index (κ3) is 1.78. The summed E-state index contributed by atoms with van der Waals surface area (Å²) >= 11 is 0. The standard InChI is InChI=1S/C9H15N3O/c1-4-9(2,10)8(13)7-5-6-11-12(7)3/h5-6H,4,10H2,1-3H3. The molecule has 0 saturated heterocycles. The first kappa shape index (κ1) is 9.92. The SMILES string of the molecule is CCC(C)(N)C(=O)c1ccnn1C. The van der Waals surface area contributed by atoms with Crippen LogP contribution in [0.15, 0.2) is 12.3 Å². The number of nitrogens with zero attached hydrogens (tertiary/aromatic N) is 2. The minimum atomic E-state index is -0.784. The highest BCUT2D eigenvalue weighted by atomic mass is 16.1. The van der Waals surface area contributed by atoms with Crippen LogP contribution >= 0.6 is 0 Å². The third-order valence-corrected chi connectivity index (χ3v) is 2.31. The highest BCUT2D eigenvalue weighted by Gasteiger charge is 2.28. The Bertz CT molecular complexity index is 314. The molecule has 4 heteroatoms. The topological polar surface area (TPSA) is 60.9 Å². The zero-order chi connectivity index (χ0) is 10.1. The Morgan fingerprint density at radius 3 is 2.77 bits per heavy atom. The second kappa shape index (κ2) is 3.30. The van der Waals surface area contributed by atoms with E-state index in [1.807, 2.05) is 6.92 Å². The Morgan fingerprint density at radius 2 is 2.38 bits per heavy atom. The van der Waals surface area contributed by atoms with Gasteiger partial charge >= 0.3 is 0 Å². The number of aryl methyl sites for hydroxylation is 1. The van der Waals surface area contributed by atoms with Crippen LogP contribution in [0.4, 0.5) is 0 Å². The molecule has 0 radical (unpaired) electrons. The van der Waals surface area contributed by atoms with E-state index >= 15 is 0 Å². The van der Waals surface area contributed by atoms with Crippen LogP contribution in [-0.4, -0.2) is 21.1 Å². The lowest BCUT2D eigenvalue weighted by molar-refractivity contribution is 0.0888. The van der Waals surface area contributed by atoms with Crippen molar-refractivity contribution < 1.29 is 4.79 Å². The largest absolute Gasteiger partial charge is 0.319 e. The Morgan fingerprint density at radius 1 is 1.77 bits per heavy atom. The van der Waals surface area contributed by atoms with Gasteiger partial charge in [0.1, 0.15) is 5.69 Å². The highest BCUT2D eigenvalue weighted by Crippen LogP contribution is 2.12. The zero-order valence-electron chi connectivity index (χ0n) is 8.24. The molecule has 0 aromatic carbocycles. The first-order chi connectivity index (χ1) is 5.99. The van der Waals surface area contributed by atoms with Crippen LogP contribution in [0.1, 0.15) is 30.8 Å². The molecule has 72 valence electrons. The van der Waals surface area contributed by atoms with Gasteiger partial charge < -0.3 is 5.73 Å². The van der Waals surface area contributed by atoms with Crippen molar-refractivity contribution in [3.8, 4) is 0 Å². The number of carbonyl (C=O) groups is 1. The monoisotopic (exact) mass is 181 g/mol. The summed E-state index contributed by atoms with van der Waals surface area (Å²) < 4.78 is 1.54. The molecule has 0 spiro atoms. The van der Waals surface area contributed by atoms with Crippen LogP contribution < -0.4 is 5.73 Å². The van der Waals surface area contributed by atoms with E-state index < -0.39 is 5.54 Å². The van der Waals surface area contributed by atoms with Crippen molar-refractivity contribution in [1.82, 2.24) is 9.78 Å². The average Bonchev–Trinajstić information content (AvgIpc) is 2.50. The van der Waals surface area contributed by atoms with Gasteiger partial charge in [-0.25, -0.2) is 0 Å². The minimum absolute atomic E-state index is 0.0602. The number of hydrogen-bond acceptors (Lipinski definition) is 3. The molecule has 4 nitrogen and oxygen atoms in total. The number of rotatable bonds is 3. The molecule has 13 heavy (non-hydrogen) atoms. The normalized spacial score (nSPS) is 15.4. The fourth-order valence-corrected chi connectivity index (χ4v) is 1.05. The Labute approximate surface area is 77.7 Å². The Kier molecular flexibility index (Phi) is 2.52. The van der Waals surface area contributed by atoms with Gasteiger partial charge in [-0.1, -0.05) is 6.92 Å². The third-order valence-electron chi connectivity index (χ3n) is 2.31. The summed E-state index contributed by atoms with van der Waals surface area (Å²) in [5.74, 6) is -0.0602. The maximum Gasteiger partial charge on any atom is 0.200 e. The van der Waals surface area contributed by atoms with E-state index in [2.05, 4.69) is 5.10 Å². The van der Waals surface area contributed by atoms with Gasteiger partial charge in [0.25, 0.3) is 0 Å². The molecule has 1 atom stereocenters. The van der Waals surface area contributed by atoms with Gasteiger partial charge in [-0.3, -0.25) is 9.48 Å². The average molecular weight is 181 g/mol. The predicted octanol–water partition coefficient (Wildman–Crippen LogP) is 0.730. The van der Waals surface area contributed by atoms with E-state index in [9.17, 15) is 4.79 Å².